The lowest BCUT2D eigenvalue weighted by molar-refractivity contribution is -1.00. The zero-order valence-electron chi connectivity index (χ0n) is 19.4. The molecule has 8 nitrogen and oxygen atoms in total. The number of nitrogens with zero attached hydrogens (tertiary/aromatic N) is 2. The normalized spacial score (nSPS) is 14.7. The lowest BCUT2D eigenvalue weighted by Gasteiger charge is -2.28. The van der Waals surface area contributed by atoms with Crippen molar-refractivity contribution in [2.75, 3.05) is 18.4 Å². The number of quaternary nitrogens is 1. The van der Waals surface area contributed by atoms with Gasteiger partial charge < -0.3 is 19.7 Å². The maximum Gasteiger partial charge on any atom is 0.359 e. The van der Waals surface area contributed by atoms with Crippen molar-refractivity contribution in [1.29, 1.82) is 0 Å². The third kappa shape index (κ3) is 4.74. The topological polar surface area (TPSA) is 102 Å². The SMILES string of the molecule is Cc1ccccc1Nc1nc2ccc(CC(=O)[N+]3(Oc4ccc(C(=O)O)cc4)CCCC3)cc2o1. The number of nitrogens with one attached hydrogen (secondary N) is 1. The Bertz CT molecular complexity index is 1390. The fourth-order valence-electron chi connectivity index (χ4n) is 4.38. The Morgan fingerprint density at radius 1 is 1.06 bits per heavy atom. The summed E-state index contributed by atoms with van der Waals surface area (Å²) >= 11 is 0. The molecule has 0 unspecified atom stereocenters. The highest BCUT2D eigenvalue weighted by Crippen LogP contribution is 2.28. The minimum atomic E-state index is -1.00. The molecule has 35 heavy (non-hydrogen) atoms. The smallest absolute Gasteiger partial charge is 0.359 e. The Morgan fingerprint density at radius 3 is 2.51 bits per heavy atom. The van der Waals surface area contributed by atoms with Crippen molar-refractivity contribution in [2.45, 2.75) is 26.2 Å². The number of aromatic nitrogens is 1. The molecule has 4 aromatic rings. The second-order valence-electron chi connectivity index (χ2n) is 8.80. The zero-order valence-corrected chi connectivity index (χ0v) is 19.4. The maximum absolute atomic E-state index is 13.4. The van der Waals surface area contributed by atoms with E-state index >= 15 is 0 Å². The summed E-state index contributed by atoms with van der Waals surface area (Å²) < 4.78 is 5.80. The standard InChI is InChI=1S/C27H25N3O5/c1-18-6-2-3-7-22(18)28-27-29-23-13-8-19(16-24(23)34-27)17-25(31)30(14-4-5-15-30)35-21-11-9-20(10-12-21)26(32)33/h2-3,6-13,16H,4-5,14-15,17H2,1H3,(H-,28,29,32,33)/p+1. The van der Waals surface area contributed by atoms with Crippen LogP contribution in [0.3, 0.4) is 0 Å². The highest BCUT2D eigenvalue weighted by molar-refractivity contribution is 5.87. The summed E-state index contributed by atoms with van der Waals surface area (Å²) in [6.07, 6.45) is 1.95. The number of carboxylic acids is 1. The van der Waals surface area contributed by atoms with E-state index in [-0.39, 0.29) is 22.5 Å². The number of carbonyl (C=O) groups is 2. The summed E-state index contributed by atoms with van der Waals surface area (Å²) in [4.78, 5) is 35.2. The molecule has 0 radical (unpaired) electrons. The number of hydroxylamine groups is 3. The number of rotatable bonds is 7. The minimum absolute atomic E-state index is 0.0538. The van der Waals surface area contributed by atoms with Crippen molar-refractivity contribution in [2.24, 2.45) is 0 Å². The number of aromatic carboxylic acids is 1. The Labute approximate surface area is 202 Å². The summed E-state index contributed by atoms with van der Waals surface area (Å²) in [7, 11) is 0. The number of oxazole rings is 1. The van der Waals surface area contributed by atoms with Crippen LogP contribution in [-0.4, -0.2) is 39.7 Å². The van der Waals surface area contributed by atoms with E-state index < -0.39 is 5.97 Å². The van der Waals surface area contributed by atoms with Crippen LogP contribution < -0.4 is 10.2 Å². The Balaban J connectivity index is 1.33. The number of carboxylic acid groups (broad SMARTS) is 1. The largest absolute Gasteiger partial charge is 0.478 e. The quantitative estimate of drug-likeness (QED) is 0.354. The molecule has 0 aliphatic carbocycles. The predicted octanol–water partition coefficient (Wildman–Crippen LogP) is 5.25. The van der Waals surface area contributed by atoms with Gasteiger partial charge in [-0.1, -0.05) is 28.9 Å². The van der Waals surface area contributed by atoms with Gasteiger partial charge in [0.1, 0.15) is 18.6 Å². The number of amides is 1. The summed E-state index contributed by atoms with van der Waals surface area (Å²) in [6, 6.07) is 20.0. The molecule has 5 rings (SSSR count). The molecular weight excluding hydrogens is 446 g/mol. The van der Waals surface area contributed by atoms with Crippen molar-refractivity contribution >= 4 is 34.7 Å². The van der Waals surface area contributed by atoms with E-state index in [1.165, 1.54) is 12.1 Å². The third-order valence-corrected chi connectivity index (χ3v) is 6.32. The van der Waals surface area contributed by atoms with E-state index in [4.69, 9.17) is 14.4 Å². The average molecular weight is 473 g/mol. The molecule has 1 amide bonds. The van der Waals surface area contributed by atoms with Crippen LogP contribution in [0.5, 0.6) is 5.75 Å². The van der Waals surface area contributed by atoms with E-state index in [1.54, 1.807) is 12.1 Å². The average Bonchev–Trinajstić information content (AvgIpc) is 3.48. The molecule has 3 aromatic carbocycles. The molecule has 0 atom stereocenters. The van der Waals surface area contributed by atoms with E-state index in [2.05, 4.69) is 10.3 Å². The first-order valence-corrected chi connectivity index (χ1v) is 11.6. The molecule has 2 N–H and O–H groups in total. The highest BCUT2D eigenvalue weighted by Gasteiger charge is 2.43. The number of benzene rings is 3. The van der Waals surface area contributed by atoms with Gasteiger partial charge in [0.05, 0.1) is 12.0 Å². The molecule has 1 aliphatic heterocycles. The van der Waals surface area contributed by atoms with Crippen LogP contribution in [0, 0.1) is 6.92 Å². The van der Waals surface area contributed by atoms with Gasteiger partial charge in [0.15, 0.2) is 11.3 Å². The Kier molecular flexibility index (Phi) is 5.96. The molecule has 0 saturated carbocycles. The molecule has 0 spiro atoms. The predicted molar refractivity (Wildman–Crippen MR) is 130 cm³/mol. The Hall–Kier alpha value is -4.17. The van der Waals surface area contributed by atoms with Gasteiger partial charge in [0.2, 0.25) is 0 Å². The maximum atomic E-state index is 13.4. The third-order valence-electron chi connectivity index (χ3n) is 6.32. The number of carbonyl (C=O) groups excluding carboxylic acids is 1. The lowest BCUT2D eigenvalue weighted by atomic mass is 10.1. The van der Waals surface area contributed by atoms with Crippen molar-refractivity contribution in [3.05, 3.63) is 83.4 Å². The van der Waals surface area contributed by atoms with Crippen LogP contribution in [0.4, 0.5) is 11.7 Å². The monoisotopic (exact) mass is 472 g/mol. The van der Waals surface area contributed by atoms with Gasteiger partial charge >= 0.3 is 11.9 Å². The molecule has 2 heterocycles. The van der Waals surface area contributed by atoms with Crippen LogP contribution in [0.15, 0.2) is 71.1 Å². The van der Waals surface area contributed by atoms with Crippen LogP contribution in [0.25, 0.3) is 11.1 Å². The van der Waals surface area contributed by atoms with Crippen LogP contribution in [0.2, 0.25) is 0 Å². The van der Waals surface area contributed by atoms with Crippen molar-refractivity contribution in [3.8, 4) is 5.75 Å². The first kappa shape index (κ1) is 22.6. The van der Waals surface area contributed by atoms with Crippen LogP contribution in [-0.2, 0) is 11.2 Å². The van der Waals surface area contributed by atoms with Crippen LogP contribution in [0.1, 0.15) is 34.3 Å². The van der Waals surface area contributed by atoms with Crippen LogP contribution >= 0.6 is 0 Å². The van der Waals surface area contributed by atoms with E-state index in [9.17, 15) is 9.59 Å². The second-order valence-corrected chi connectivity index (χ2v) is 8.80. The number of fused-ring (bicyclic) bond motifs is 1. The van der Waals surface area contributed by atoms with Gasteiger partial charge in [-0.05, 0) is 60.5 Å². The van der Waals surface area contributed by atoms with E-state index in [1.807, 2.05) is 49.4 Å². The molecule has 178 valence electrons. The molecule has 1 aromatic heterocycles. The number of likely N-dealkylation sites (tertiary alicyclic amines) is 1. The summed E-state index contributed by atoms with van der Waals surface area (Å²) in [5.41, 5.74) is 4.30. The number of anilines is 2. The number of aryl methyl sites for hydroxylation is 1. The van der Waals surface area contributed by atoms with Crippen molar-refractivity contribution in [1.82, 2.24) is 4.98 Å². The van der Waals surface area contributed by atoms with Gasteiger partial charge in [-0.25, -0.2) is 9.59 Å². The second kappa shape index (κ2) is 9.23. The lowest BCUT2D eigenvalue weighted by Crippen LogP contribution is -2.53. The van der Waals surface area contributed by atoms with Gasteiger partial charge in [0, 0.05) is 18.5 Å². The molecular formula is C27H26N3O5+. The number of hydrogen-bond acceptors (Lipinski definition) is 6. The molecule has 8 heteroatoms. The van der Waals surface area contributed by atoms with E-state index in [0.717, 1.165) is 29.7 Å². The van der Waals surface area contributed by atoms with Gasteiger partial charge in [-0.15, -0.1) is 0 Å². The number of hydrogen-bond donors (Lipinski definition) is 2. The van der Waals surface area contributed by atoms with E-state index in [0.29, 0.717) is 36.0 Å². The molecule has 1 saturated heterocycles. The first-order chi connectivity index (χ1) is 16.9. The fraction of sp³-hybridized carbons (Fsp3) is 0.222. The van der Waals surface area contributed by atoms with Crippen molar-refractivity contribution < 1.29 is 28.6 Å². The number of para-hydroxylation sites is 1. The van der Waals surface area contributed by atoms with Gasteiger partial charge in [0.25, 0.3) is 6.01 Å². The molecule has 1 aliphatic rings. The highest BCUT2D eigenvalue weighted by atomic mass is 16.7. The van der Waals surface area contributed by atoms with Gasteiger partial charge in [-0.3, -0.25) is 0 Å². The summed E-state index contributed by atoms with van der Waals surface area (Å²) in [6.45, 7) is 3.16. The Morgan fingerprint density at radius 2 is 1.80 bits per heavy atom. The molecule has 1 fully saturated rings. The fourth-order valence-corrected chi connectivity index (χ4v) is 4.38. The molecule has 0 bridgehead atoms. The van der Waals surface area contributed by atoms with Gasteiger partial charge in [-0.2, -0.15) is 4.98 Å². The summed E-state index contributed by atoms with van der Waals surface area (Å²) in [5, 5.41) is 12.3. The van der Waals surface area contributed by atoms with Crippen molar-refractivity contribution in [3.63, 3.8) is 0 Å². The minimum Gasteiger partial charge on any atom is -0.478 e. The first-order valence-electron chi connectivity index (χ1n) is 11.6. The summed E-state index contributed by atoms with van der Waals surface area (Å²) in [5.74, 6) is -0.581. The zero-order chi connectivity index (χ0) is 24.4.